The first-order chi connectivity index (χ1) is 25.9. The number of anilines is 1. The summed E-state index contributed by atoms with van der Waals surface area (Å²) in [6, 6.07) is 9.66. The molecule has 0 radical (unpaired) electrons. The van der Waals surface area contributed by atoms with Crippen LogP contribution in [0.1, 0.15) is 46.4 Å². The van der Waals surface area contributed by atoms with Crippen LogP contribution in [0.2, 0.25) is 0 Å². The van der Waals surface area contributed by atoms with Gasteiger partial charge in [0.15, 0.2) is 17.1 Å². The van der Waals surface area contributed by atoms with Crippen molar-refractivity contribution < 1.29 is 44.8 Å². The van der Waals surface area contributed by atoms with Gasteiger partial charge in [-0.05, 0) is 54.7 Å². The van der Waals surface area contributed by atoms with E-state index in [2.05, 4.69) is 37.4 Å². The van der Waals surface area contributed by atoms with Gasteiger partial charge in [-0.3, -0.25) is 18.9 Å². The van der Waals surface area contributed by atoms with Crippen molar-refractivity contribution in [1.29, 1.82) is 0 Å². The lowest BCUT2D eigenvalue weighted by Crippen LogP contribution is -2.58. The zero-order valence-corrected chi connectivity index (χ0v) is 29.8. The molecule has 2 aliphatic rings. The first-order valence-electron chi connectivity index (χ1n) is 16.7. The highest BCUT2D eigenvalue weighted by atomic mass is 32.2. The minimum Gasteiger partial charge on any atom is -0.375 e. The Hall–Kier alpha value is -5.32. The maximum atomic E-state index is 14.9. The van der Waals surface area contributed by atoms with Crippen molar-refractivity contribution in [1.82, 2.24) is 35.2 Å². The molecule has 3 aromatic heterocycles. The number of amides is 1. The van der Waals surface area contributed by atoms with E-state index in [1.54, 1.807) is 37.4 Å². The number of nitrogens with one attached hydrogen (secondary N) is 3. The molecule has 2 atom stereocenters. The molecule has 1 amide bonds. The zero-order valence-electron chi connectivity index (χ0n) is 29.0. The molecule has 1 fully saturated rings. The Balaban J connectivity index is 1.37. The molecule has 7 rings (SSSR count). The van der Waals surface area contributed by atoms with Gasteiger partial charge in [-0.15, -0.1) is 0 Å². The summed E-state index contributed by atoms with van der Waals surface area (Å²) in [5, 5.41) is 24.5. The molecule has 11 nitrogen and oxygen atoms in total. The van der Waals surface area contributed by atoms with Gasteiger partial charge in [0.05, 0.1) is 17.3 Å². The molecule has 0 saturated carbocycles. The van der Waals surface area contributed by atoms with E-state index < -0.39 is 88.6 Å². The molecule has 1 aliphatic carbocycles. The van der Waals surface area contributed by atoms with Crippen LogP contribution in [-0.2, 0) is 54.3 Å². The van der Waals surface area contributed by atoms with Gasteiger partial charge < -0.3 is 15.7 Å². The third kappa shape index (κ3) is 7.66. The van der Waals surface area contributed by atoms with Gasteiger partial charge in [0.2, 0.25) is 5.91 Å². The average molecular weight is 789 g/mol. The van der Waals surface area contributed by atoms with Crippen LogP contribution in [-0.4, -0.2) is 64.7 Å². The van der Waals surface area contributed by atoms with E-state index in [0.717, 1.165) is 12.1 Å². The number of hydrogen-bond donors (Lipinski definition) is 4. The molecule has 1 aliphatic heterocycles. The lowest BCUT2D eigenvalue weighted by atomic mass is 9.93. The number of carbonyl (C=O) groups is 1. The van der Waals surface area contributed by atoms with Gasteiger partial charge in [0.1, 0.15) is 40.6 Å². The fourth-order valence-electron chi connectivity index (χ4n) is 6.88. The molecular weight excluding hydrogens is 758 g/mol. The molecule has 5 aromatic rings. The predicted molar refractivity (Wildman–Crippen MR) is 187 cm³/mol. The standard InChI is InChI=1S/C36H31F7N8O3S/c1-50-30-24(4-3-5-25(30)33(48-50)49-55(2)54)23-7-6-22(8-10-34(53)17-44-18-34)45-29(23)27(14-19-12-20(37)15-21(38)13-19)46-28(52)16-51-32-26(9-11-35(32,39)40)31(47-51)36(41,42)43/h3-7,12-13,15,27,44,53H,9,11,14,16-18H2,1-2H3,(H,46,52)(H,48,49)/t27-,55?/m0/s1. The van der Waals surface area contributed by atoms with Crippen molar-refractivity contribution in [2.45, 2.75) is 49.5 Å². The number of halogens is 7. The van der Waals surface area contributed by atoms with Crippen LogP contribution in [0.25, 0.3) is 22.0 Å². The second kappa shape index (κ2) is 14.1. The number of aryl methyl sites for hydroxylation is 1. The quantitative estimate of drug-likeness (QED) is 0.126. The highest BCUT2D eigenvalue weighted by Crippen LogP contribution is 2.46. The molecule has 1 unspecified atom stereocenters. The number of fused-ring (bicyclic) bond motifs is 2. The normalized spacial score (nSPS) is 16.8. The summed E-state index contributed by atoms with van der Waals surface area (Å²) < 4.78 is 117. The molecule has 1 saturated heterocycles. The summed E-state index contributed by atoms with van der Waals surface area (Å²) in [4.78, 5) is 18.5. The van der Waals surface area contributed by atoms with Gasteiger partial charge in [0.25, 0.3) is 5.92 Å². The topological polar surface area (TPSA) is 139 Å². The number of carbonyl (C=O) groups excluding carboxylic acids is 1. The second-order valence-electron chi connectivity index (χ2n) is 13.4. The number of para-hydroxylation sites is 1. The summed E-state index contributed by atoms with van der Waals surface area (Å²) in [7, 11) is 0.144. The molecule has 0 bridgehead atoms. The summed E-state index contributed by atoms with van der Waals surface area (Å²) >= 11 is 0. The minimum absolute atomic E-state index is 0.0448. The number of hydrogen-bond acceptors (Lipinski definition) is 7. The molecule has 4 heterocycles. The lowest BCUT2D eigenvalue weighted by molar-refractivity contribution is -0.142. The van der Waals surface area contributed by atoms with Crippen LogP contribution in [0.5, 0.6) is 0 Å². The summed E-state index contributed by atoms with van der Waals surface area (Å²) in [6.07, 6.45) is -5.46. The number of β-amino-alcohol motifs (C(OH)–C–C–N with tert-alkyl or cyclic N) is 1. The van der Waals surface area contributed by atoms with E-state index in [-0.39, 0.29) is 36.5 Å². The van der Waals surface area contributed by atoms with E-state index in [1.165, 1.54) is 10.9 Å². The number of aromatic nitrogens is 5. The number of nitrogens with zero attached hydrogens (tertiary/aromatic N) is 5. The zero-order chi connectivity index (χ0) is 39.4. The fraction of sp³-hybridized carbons (Fsp3) is 0.333. The van der Waals surface area contributed by atoms with Gasteiger partial charge >= 0.3 is 6.18 Å². The molecule has 0 spiro atoms. The maximum absolute atomic E-state index is 14.9. The number of benzene rings is 2. The monoisotopic (exact) mass is 788 g/mol. The SMILES string of the molecule is Cn1nc(NS(C)=O)c2cccc(-c3ccc(C#CC4(O)CNC4)nc3[C@H](Cc3cc(F)cc(F)c3)NC(=O)Cn3nc(C(F)(F)F)c4c3C(F)(F)CC4)c21. The van der Waals surface area contributed by atoms with Crippen molar-refractivity contribution in [3.8, 4) is 23.0 Å². The summed E-state index contributed by atoms with van der Waals surface area (Å²) in [5.74, 6) is -0.753. The number of aliphatic hydroxyl groups is 1. The first-order valence-corrected chi connectivity index (χ1v) is 18.3. The highest BCUT2D eigenvalue weighted by Gasteiger charge is 2.50. The Morgan fingerprint density at radius 2 is 1.82 bits per heavy atom. The molecule has 2 aromatic carbocycles. The van der Waals surface area contributed by atoms with E-state index >= 15 is 0 Å². The Morgan fingerprint density at radius 1 is 1.09 bits per heavy atom. The molecular formula is C36H31F7N8O3S. The van der Waals surface area contributed by atoms with Gasteiger partial charge in [-0.2, -0.15) is 32.1 Å². The number of pyridine rings is 1. The van der Waals surface area contributed by atoms with Gasteiger partial charge in [-0.25, -0.2) is 18.0 Å². The average Bonchev–Trinajstić information content (AvgIpc) is 3.72. The Morgan fingerprint density at radius 3 is 2.47 bits per heavy atom. The smallest absolute Gasteiger partial charge is 0.375 e. The number of alkyl halides is 5. The van der Waals surface area contributed by atoms with Crippen LogP contribution in [0.4, 0.5) is 36.6 Å². The van der Waals surface area contributed by atoms with Crippen LogP contribution < -0.4 is 15.4 Å². The van der Waals surface area contributed by atoms with Gasteiger partial charge in [0, 0.05) is 61.0 Å². The minimum atomic E-state index is -5.06. The van der Waals surface area contributed by atoms with Crippen LogP contribution in [0.15, 0.2) is 48.5 Å². The van der Waals surface area contributed by atoms with E-state index in [1.807, 2.05) is 0 Å². The Labute approximate surface area is 310 Å². The maximum Gasteiger partial charge on any atom is 0.435 e. The van der Waals surface area contributed by atoms with Gasteiger partial charge in [-0.1, -0.05) is 18.1 Å². The van der Waals surface area contributed by atoms with E-state index in [4.69, 9.17) is 4.98 Å². The third-order valence-electron chi connectivity index (χ3n) is 9.25. The number of rotatable bonds is 9. The summed E-state index contributed by atoms with van der Waals surface area (Å²) in [5.41, 5.74) is -2.98. The largest absolute Gasteiger partial charge is 0.435 e. The fourth-order valence-corrected chi connectivity index (χ4v) is 7.30. The predicted octanol–water partition coefficient (Wildman–Crippen LogP) is 4.66. The lowest BCUT2D eigenvalue weighted by Gasteiger charge is -2.32. The molecule has 19 heteroatoms. The van der Waals surface area contributed by atoms with E-state index in [0.29, 0.717) is 38.6 Å². The summed E-state index contributed by atoms with van der Waals surface area (Å²) in [6.45, 7) is -0.665. The second-order valence-corrected chi connectivity index (χ2v) is 14.5. The van der Waals surface area contributed by atoms with Crippen molar-refractivity contribution in [3.05, 3.63) is 94.1 Å². The van der Waals surface area contributed by atoms with Crippen LogP contribution >= 0.6 is 0 Å². The highest BCUT2D eigenvalue weighted by molar-refractivity contribution is 7.85. The molecule has 4 N–H and O–H groups in total. The van der Waals surface area contributed by atoms with Crippen molar-refractivity contribution in [2.75, 3.05) is 24.1 Å². The first kappa shape index (κ1) is 38.0. The van der Waals surface area contributed by atoms with Crippen LogP contribution in [0, 0.1) is 23.5 Å². The third-order valence-corrected chi connectivity index (χ3v) is 9.73. The van der Waals surface area contributed by atoms with Crippen molar-refractivity contribution in [3.63, 3.8) is 0 Å². The molecule has 288 valence electrons. The Bertz CT molecular complexity index is 2410. The van der Waals surface area contributed by atoms with E-state index in [9.17, 15) is 44.8 Å². The van der Waals surface area contributed by atoms with Crippen molar-refractivity contribution in [2.24, 2.45) is 7.05 Å². The molecule has 55 heavy (non-hydrogen) atoms. The van der Waals surface area contributed by atoms with Crippen molar-refractivity contribution >= 4 is 33.6 Å². The van der Waals surface area contributed by atoms with Crippen LogP contribution in [0.3, 0.4) is 0 Å². The Kier molecular flexibility index (Phi) is 9.72.